The Morgan fingerprint density at radius 2 is 1.96 bits per heavy atom. The summed E-state index contributed by atoms with van der Waals surface area (Å²) in [4.78, 5) is 0. The van der Waals surface area contributed by atoms with Crippen molar-refractivity contribution in [3.63, 3.8) is 0 Å². The van der Waals surface area contributed by atoms with Crippen molar-refractivity contribution in [2.45, 2.75) is 49.9 Å². The lowest BCUT2D eigenvalue weighted by Crippen LogP contribution is -2.34. The van der Waals surface area contributed by atoms with Crippen molar-refractivity contribution in [2.75, 3.05) is 13.2 Å². The molecule has 5 rings (SSSR count). The number of alkyl halides is 1. The van der Waals surface area contributed by atoms with Crippen LogP contribution in [0.3, 0.4) is 0 Å². The zero-order valence-electron chi connectivity index (χ0n) is 14.5. The molecule has 3 atom stereocenters. The normalized spacial score (nSPS) is 31.7. The summed E-state index contributed by atoms with van der Waals surface area (Å²) in [6.07, 6.45) is 6.45. The van der Waals surface area contributed by atoms with Crippen molar-refractivity contribution in [1.82, 2.24) is 5.32 Å². The molecule has 2 nitrogen and oxygen atoms in total. The summed E-state index contributed by atoms with van der Waals surface area (Å²) < 4.78 is 21.3. The van der Waals surface area contributed by atoms with Crippen LogP contribution in [0.25, 0.3) is 5.57 Å². The highest BCUT2D eigenvalue weighted by Gasteiger charge is 2.49. The summed E-state index contributed by atoms with van der Waals surface area (Å²) in [6.45, 7) is 1.48. The van der Waals surface area contributed by atoms with Crippen LogP contribution in [-0.4, -0.2) is 31.0 Å². The number of hydrogen-bond donors (Lipinski definition) is 1. The Balaban J connectivity index is 1.44. The molecule has 3 aliphatic carbocycles. The van der Waals surface area contributed by atoms with Crippen molar-refractivity contribution >= 4 is 28.8 Å². The molecule has 1 aliphatic heterocycles. The molecule has 138 valence electrons. The fourth-order valence-corrected chi connectivity index (χ4v) is 5.43. The molecule has 2 bridgehead atoms. The topological polar surface area (TPSA) is 21.3 Å². The van der Waals surface area contributed by atoms with E-state index in [0.29, 0.717) is 47.9 Å². The van der Waals surface area contributed by atoms with Gasteiger partial charge in [-0.2, -0.15) is 0 Å². The van der Waals surface area contributed by atoms with Gasteiger partial charge in [0.2, 0.25) is 0 Å². The van der Waals surface area contributed by atoms with Crippen LogP contribution in [-0.2, 0) is 4.74 Å². The Morgan fingerprint density at radius 3 is 2.58 bits per heavy atom. The van der Waals surface area contributed by atoms with Crippen molar-refractivity contribution in [2.24, 2.45) is 5.92 Å². The largest absolute Gasteiger partial charge is 0.373 e. The summed E-state index contributed by atoms with van der Waals surface area (Å²) in [5.41, 5.74) is 2.46. The third-order valence-electron chi connectivity index (χ3n) is 6.40. The van der Waals surface area contributed by atoms with Crippen LogP contribution < -0.4 is 5.32 Å². The zero-order valence-corrected chi connectivity index (χ0v) is 16.0. The minimum absolute atomic E-state index is 0.272. The van der Waals surface area contributed by atoms with Gasteiger partial charge in [-0.3, -0.25) is 0 Å². The number of rotatable bonds is 5. The van der Waals surface area contributed by atoms with Gasteiger partial charge in [0.1, 0.15) is 5.67 Å². The van der Waals surface area contributed by atoms with Gasteiger partial charge < -0.3 is 10.1 Å². The molecule has 1 aromatic rings. The minimum atomic E-state index is -1.15. The van der Waals surface area contributed by atoms with Gasteiger partial charge in [0, 0.05) is 28.2 Å². The lowest BCUT2D eigenvalue weighted by Gasteiger charge is -2.25. The van der Waals surface area contributed by atoms with Gasteiger partial charge in [0.15, 0.2) is 0 Å². The first-order valence-corrected chi connectivity index (χ1v) is 10.2. The maximum absolute atomic E-state index is 15.0. The standard InChI is InChI=1S/C21H22Cl2FNO/c22-17-2-1-3-18(23)20(17)14-4-5-16(21(24)6-7-21)15(14)11-26-19-9-13-8-12(19)10-25-13/h1-4,12-13,19,25H,5-11H2/t12-,13-,19+/m0/s1. The Bertz CT molecular complexity index is 794. The Kier molecular flexibility index (Phi) is 4.20. The van der Waals surface area contributed by atoms with E-state index in [1.807, 2.05) is 18.2 Å². The van der Waals surface area contributed by atoms with E-state index in [9.17, 15) is 4.39 Å². The van der Waals surface area contributed by atoms with Gasteiger partial charge in [-0.1, -0.05) is 35.3 Å². The van der Waals surface area contributed by atoms with Crippen LogP contribution >= 0.6 is 23.2 Å². The number of allylic oxidation sites excluding steroid dienone is 2. The van der Waals surface area contributed by atoms with E-state index in [-0.39, 0.29) is 6.10 Å². The second-order valence-electron chi connectivity index (χ2n) is 8.03. The molecule has 26 heavy (non-hydrogen) atoms. The lowest BCUT2D eigenvalue weighted by atomic mass is 9.96. The molecular formula is C21H22Cl2FNO. The maximum Gasteiger partial charge on any atom is 0.133 e. The monoisotopic (exact) mass is 393 g/mol. The first-order chi connectivity index (χ1) is 12.5. The number of halogens is 3. The maximum atomic E-state index is 15.0. The fourth-order valence-electron chi connectivity index (χ4n) is 4.83. The van der Waals surface area contributed by atoms with E-state index in [0.717, 1.165) is 35.2 Å². The molecule has 4 aliphatic rings. The second-order valence-corrected chi connectivity index (χ2v) is 8.84. The van der Waals surface area contributed by atoms with Crippen molar-refractivity contribution in [3.05, 3.63) is 51.0 Å². The average molecular weight is 394 g/mol. The highest BCUT2D eigenvalue weighted by atomic mass is 35.5. The number of benzene rings is 1. The molecule has 0 unspecified atom stereocenters. The van der Waals surface area contributed by atoms with E-state index in [1.165, 1.54) is 6.42 Å². The van der Waals surface area contributed by atoms with Gasteiger partial charge in [-0.15, -0.1) is 0 Å². The van der Waals surface area contributed by atoms with Gasteiger partial charge in [0.05, 0.1) is 12.7 Å². The molecule has 1 N–H and O–H groups in total. The molecule has 0 amide bonds. The first kappa shape index (κ1) is 17.2. The van der Waals surface area contributed by atoms with Crippen LogP contribution in [0.15, 0.2) is 35.4 Å². The number of piperidine rings is 1. The molecule has 3 fully saturated rings. The molecule has 1 saturated heterocycles. The highest BCUT2D eigenvalue weighted by Crippen LogP contribution is 2.54. The zero-order chi connectivity index (χ0) is 17.9. The van der Waals surface area contributed by atoms with Crippen molar-refractivity contribution < 1.29 is 9.13 Å². The quantitative estimate of drug-likeness (QED) is 0.727. The molecule has 0 aromatic heterocycles. The minimum Gasteiger partial charge on any atom is -0.373 e. The Labute approximate surface area is 163 Å². The summed E-state index contributed by atoms with van der Waals surface area (Å²) >= 11 is 12.9. The van der Waals surface area contributed by atoms with Crippen LogP contribution in [0, 0.1) is 5.92 Å². The van der Waals surface area contributed by atoms with E-state index < -0.39 is 5.67 Å². The van der Waals surface area contributed by atoms with E-state index in [4.69, 9.17) is 27.9 Å². The van der Waals surface area contributed by atoms with E-state index >= 15 is 0 Å². The number of fused-ring (bicyclic) bond motifs is 2. The predicted molar refractivity (Wildman–Crippen MR) is 103 cm³/mol. The first-order valence-electron chi connectivity index (χ1n) is 9.46. The van der Waals surface area contributed by atoms with Crippen LogP contribution in [0.2, 0.25) is 10.0 Å². The van der Waals surface area contributed by atoms with Crippen LogP contribution in [0.1, 0.15) is 37.7 Å². The molecule has 1 aromatic carbocycles. The molecule has 0 radical (unpaired) electrons. The predicted octanol–water partition coefficient (Wildman–Crippen LogP) is 5.35. The molecular weight excluding hydrogens is 372 g/mol. The molecule has 1 heterocycles. The van der Waals surface area contributed by atoms with Gasteiger partial charge in [-0.05, 0) is 66.9 Å². The van der Waals surface area contributed by atoms with Crippen molar-refractivity contribution in [3.8, 4) is 0 Å². The smallest absolute Gasteiger partial charge is 0.133 e. The van der Waals surface area contributed by atoms with Gasteiger partial charge in [0.25, 0.3) is 0 Å². The molecule has 5 heteroatoms. The summed E-state index contributed by atoms with van der Waals surface area (Å²) in [6, 6.07) is 6.10. The molecule has 0 spiro atoms. The van der Waals surface area contributed by atoms with Crippen LogP contribution in [0.5, 0.6) is 0 Å². The lowest BCUT2D eigenvalue weighted by molar-refractivity contribution is 0.0359. The SMILES string of the molecule is FC1(C2=C(CO[C@@H]3C[C@@H]4C[C@H]3CN4)C(c3c(Cl)cccc3Cl)=CC2)CC1. The van der Waals surface area contributed by atoms with Crippen molar-refractivity contribution in [1.29, 1.82) is 0 Å². The summed E-state index contributed by atoms with van der Waals surface area (Å²) in [5.74, 6) is 0.585. The Hall–Kier alpha value is -0.870. The average Bonchev–Trinajstić information content (AvgIpc) is 3.01. The van der Waals surface area contributed by atoms with Gasteiger partial charge >= 0.3 is 0 Å². The highest BCUT2D eigenvalue weighted by molar-refractivity contribution is 6.38. The Morgan fingerprint density at radius 1 is 1.19 bits per heavy atom. The fraction of sp³-hybridized carbons (Fsp3) is 0.524. The number of nitrogens with one attached hydrogen (secondary N) is 1. The number of ether oxygens (including phenoxy) is 1. The number of hydrogen-bond acceptors (Lipinski definition) is 2. The third-order valence-corrected chi connectivity index (χ3v) is 7.03. The van der Waals surface area contributed by atoms with E-state index in [2.05, 4.69) is 11.4 Å². The second kappa shape index (κ2) is 6.34. The van der Waals surface area contributed by atoms with Crippen LogP contribution in [0.4, 0.5) is 4.39 Å². The third kappa shape index (κ3) is 2.84. The summed E-state index contributed by atoms with van der Waals surface area (Å²) in [7, 11) is 0. The summed E-state index contributed by atoms with van der Waals surface area (Å²) in [5, 5.41) is 4.72. The van der Waals surface area contributed by atoms with E-state index in [1.54, 1.807) is 0 Å². The molecule has 2 saturated carbocycles. The van der Waals surface area contributed by atoms with Gasteiger partial charge in [-0.25, -0.2) is 4.39 Å².